The van der Waals surface area contributed by atoms with Crippen molar-refractivity contribution in [1.82, 2.24) is 0 Å². The molecule has 1 aliphatic rings. The maximum Gasteiger partial charge on any atom is 0.123 e. The molecule has 0 heterocycles. The van der Waals surface area contributed by atoms with Crippen LogP contribution in [0.1, 0.15) is 44.2 Å². The molecule has 1 nitrogen and oxygen atoms in total. The second-order valence-electron chi connectivity index (χ2n) is 5.90. The van der Waals surface area contributed by atoms with Crippen LogP contribution >= 0.6 is 15.9 Å². The van der Waals surface area contributed by atoms with Crippen molar-refractivity contribution < 1.29 is 4.74 Å². The number of ether oxygens (including phenoxy) is 1. The normalized spacial score (nSPS) is 28.1. The molecule has 18 heavy (non-hydrogen) atoms. The van der Waals surface area contributed by atoms with Crippen LogP contribution in [-0.2, 0) is 5.33 Å². The van der Waals surface area contributed by atoms with Crippen molar-refractivity contribution in [1.29, 1.82) is 0 Å². The van der Waals surface area contributed by atoms with E-state index in [1.165, 1.54) is 30.4 Å². The van der Waals surface area contributed by atoms with E-state index in [0.29, 0.717) is 6.10 Å². The highest BCUT2D eigenvalue weighted by Gasteiger charge is 2.25. The first kappa shape index (κ1) is 13.9. The summed E-state index contributed by atoms with van der Waals surface area (Å²) in [4.78, 5) is 0. The Morgan fingerprint density at radius 1 is 1.17 bits per heavy atom. The number of aryl methyl sites for hydroxylation is 1. The lowest BCUT2D eigenvalue weighted by molar-refractivity contribution is 0.100. The van der Waals surface area contributed by atoms with Gasteiger partial charge in [-0.1, -0.05) is 47.5 Å². The van der Waals surface area contributed by atoms with E-state index < -0.39 is 0 Å². The molecule has 0 saturated heterocycles. The smallest absolute Gasteiger partial charge is 0.123 e. The lowest BCUT2D eigenvalue weighted by atomic mass is 9.82. The average Bonchev–Trinajstić information content (AvgIpc) is 2.30. The van der Waals surface area contributed by atoms with Crippen molar-refractivity contribution in [2.75, 3.05) is 0 Å². The van der Waals surface area contributed by atoms with E-state index in [2.05, 4.69) is 54.9 Å². The summed E-state index contributed by atoms with van der Waals surface area (Å²) in [6.07, 6.45) is 4.13. The molecule has 0 radical (unpaired) electrons. The largest absolute Gasteiger partial charge is 0.490 e. The molecular formula is C16H23BrO. The van der Waals surface area contributed by atoms with Gasteiger partial charge < -0.3 is 4.74 Å². The third-order valence-electron chi connectivity index (χ3n) is 3.79. The van der Waals surface area contributed by atoms with E-state index in [-0.39, 0.29) is 0 Å². The van der Waals surface area contributed by atoms with Crippen LogP contribution in [0.3, 0.4) is 0 Å². The van der Waals surface area contributed by atoms with E-state index in [1.807, 2.05) is 0 Å². The highest BCUT2D eigenvalue weighted by atomic mass is 79.9. The Balaban J connectivity index is 2.08. The van der Waals surface area contributed by atoms with Gasteiger partial charge >= 0.3 is 0 Å². The topological polar surface area (TPSA) is 9.23 Å². The monoisotopic (exact) mass is 310 g/mol. The van der Waals surface area contributed by atoms with Crippen molar-refractivity contribution in [2.24, 2.45) is 11.8 Å². The fraction of sp³-hybridized carbons (Fsp3) is 0.625. The number of halogens is 1. The van der Waals surface area contributed by atoms with Gasteiger partial charge in [-0.3, -0.25) is 0 Å². The van der Waals surface area contributed by atoms with Gasteiger partial charge in [0.2, 0.25) is 0 Å². The molecule has 2 atom stereocenters. The number of rotatable bonds is 3. The van der Waals surface area contributed by atoms with Crippen molar-refractivity contribution in [2.45, 2.75) is 51.5 Å². The number of hydrogen-bond donors (Lipinski definition) is 0. The molecule has 2 unspecified atom stereocenters. The van der Waals surface area contributed by atoms with E-state index in [9.17, 15) is 0 Å². The van der Waals surface area contributed by atoms with Crippen LogP contribution in [0.25, 0.3) is 0 Å². The molecular weight excluding hydrogens is 288 g/mol. The number of benzene rings is 1. The first-order chi connectivity index (χ1) is 8.58. The Kier molecular flexibility index (Phi) is 4.71. The molecule has 0 aliphatic heterocycles. The van der Waals surface area contributed by atoms with Crippen LogP contribution in [0.5, 0.6) is 5.75 Å². The fourth-order valence-electron chi connectivity index (χ4n) is 3.08. The Hall–Kier alpha value is -0.500. The average molecular weight is 311 g/mol. The molecule has 2 rings (SSSR count). The lowest BCUT2D eigenvalue weighted by Crippen LogP contribution is -2.28. The van der Waals surface area contributed by atoms with Gasteiger partial charge in [0.1, 0.15) is 5.75 Å². The summed E-state index contributed by atoms with van der Waals surface area (Å²) in [5.41, 5.74) is 2.56. The highest BCUT2D eigenvalue weighted by Crippen LogP contribution is 2.33. The Morgan fingerprint density at radius 3 is 2.44 bits per heavy atom. The van der Waals surface area contributed by atoms with Gasteiger partial charge in [-0.2, -0.15) is 0 Å². The van der Waals surface area contributed by atoms with E-state index in [1.54, 1.807) is 0 Å². The van der Waals surface area contributed by atoms with Crippen LogP contribution in [0.15, 0.2) is 18.2 Å². The van der Waals surface area contributed by atoms with Gasteiger partial charge in [0.05, 0.1) is 6.10 Å². The first-order valence-corrected chi connectivity index (χ1v) is 8.02. The minimum absolute atomic E-state index is 0.393. The molecule has 1 aliphatic carbocycles. The van der Waals surface area contributed by atoms with E-state index >= 15 is 0 Å². The van der Waals surface area contributed by atoms with Gasteiger partial charge in [0.15, 0.2) is 0 Å². The number of alkyl halides is 1. The molecule has 100 valence electrons. The zero-order chi connectivity index (χ0) is 13.1. The Morgan fingerprint density at radius 2 is 1.83 bits per heavy atom. The van der Waals surface area contributed by atoms with Crippen molar-refractivity contribution in [3.8, 4) is 5.75 Å². The predicted octanol–water partition coefficient (Wildman–Crippen LogP) is 5.09. The predicted molar refractivity (Wildman–Crippen MR) is 80.4 cm³/mol. The molecule has 0 N–H and O–H groups in total. The minimum Gasteiger partial charge on any atom is -0.490 e. The summed E-state index contributed by atoms with van der Waals surface area (Å²) in [6.45, 7) is 6.81. The molecule has 0 bridgehead atoms. The highest BCUT2D eigenvalue weighted by molar-refractivity contribution is 9.08. The van der Waals surface area contributed by atoms with Crippen LogP contribution in [0.2, 0.25) is 0 Å². The minimum atomic E-state index is 0.393. The van der Waals surface area contributed by atoms with Gasteiger partial charge in [-0.25, -0.2) is 0 Å². The molecule has 0 aromatic heterocycles. The van der Waals surface area contributed by atoms with Gasteiger partial charge in [0.25, 0.3) is 0 Å². The standard InChI is InChI=1S/C16H23BrO/c1-11-4-5-16(14(7-11)10-17)18-15-8-12(2)6-13(3)9-15/h4-5,7,12-13,15H,6,8-10H2,1-3H3. The maximum absolute atomic E-state index is 6.24. The molecule has 1 fully saturated rings. The zero-order valence-electron chi connectivity index (χ0n) is 11.6. The van der Waals surface area contributed by atoms with Crippen molar-refractivity contribution in [3.63, 3.8) is 0 Å². The molecule has 1 aromatic rings. The van der Waals surface area contributed by atoms with Gasteiger partial charge in [-0.05, 0) is 44.1 Å². The molecule has 2 heteroatoms. The summed E-state index contributed by atoms with van der Waals surface area (Å²) >= 11 is 3.55. The molecule has 1 saturated carbocycles. The molecule has 0 spiro atoms. The van der Waals surface area contributed by atoms with Crippen LogP contribution in [0, 0.1) is 18.8 Å². The molecule has 1 aromatic carbocycles. The van der Waals surface area contributed by atoms with E-state index in [0.717, 1.165) is 22.9 Å². The summed E-state index contributed by atoms with van der Waals surface area (Å²) in [5.74, 6) is 2.64. The summed E-state index contributed by atoms with van der Waals surface area (Å²) in [7, 11) is 0. The Labute approximate surface area is 119 Å². The zero-order valence-corrected chi connectivity index (χ0v) is 13.2. The van der Waals surface area contributed by atoms with Crippen LogP contribution in [-0.4, -0.2) is 6.10 Å². The second-order valence-corrected chi connectivity index (χ2v) is 6.46. The van der Waals surface area contributed by atoms with Gasteiger partial charge in [0, 0.05) is 10.9 Å². The SMILES string of the molecule is Cc1ccc(OC2CC(C)CC(C)C2)c(CBr)c1. The van der Waals surface area contributed by atoms with E-state index in [4.69, 9.17) is 4.74 Å². The molecule has 0 amide bonds. The number of hydrogen-bond acceptors (Lipinski definition) is 1. The summed E-state index contributed by atoms with van der Waals surface area (Å²) in [6, 6.07) is 6.47. The Bertz CT molecular complexity index is 392. The fourth-order valence-corrected chi connectivity index (χ4v) is 3.51. The lowest BCUT2D eigenvalue weighted by Gasteiger charge is -2.32. The second kappa shape index (κ2) is 6.10. The first-order valence-electron chi connectivity index (χ1n) is 6.90. The summed E-state index contributed by atoms with van der Waals surface area (Å²) in [5, 5.41) is 0.863. The maximum atomic E-state index is 6.24. The van der Waals surface area contributed by atoms with Crippen molar-refractivity contribution >= 4 is 15.9 Å². The van der Waals surface area contributed by atoms with Crippen molar-refractivity contribution in [3.05, 3.63) is 29.3 Å². The summed E-state index contributed by atoms with van der Waals surface area (Å²) < 4.78 is 6.24. The third-order valence-corrected chi connectivity index (χ3v) is 4.39. The third kappa shape index (κ3) is 3.50. The van der Waals surface area contributed by atoms with Crippen LogP contribution < -0.4 is 4.74 Å². The quantitative estimate of drug-likeness (QED) is 0.706. The van der Waals surface area contributed by atoms with Crippen LogP contribution in [0.4, 0.5) is 0 Å². The van der Waals surface area contributed by atoms with Gasteiger partial charge in [-0.15, -0.1) is 0 Å².